The van der Waals surface area contributed by atoms with Gasteiger partial charge in [0.05, 0.1) is 6.04 Å². The summed E-state index contributed by atoms with van der Waals surface area (Å²) in [6.45, 7) is 2.16. The summed E-state index contributed by atoms with van der Waals surface area (Å²) in [5.41, 5.74) is 9.53. The smallest absolute Gasteiger partial charge is 0.271 e. The third-order valence-corrected chi connectivity index (χ3v) is 5.72. The van der Waals surface area contributed by atoms with Gasteiger partial charge < -0.3 is 16.0 Å². The summed E-state index contributed by atoms with van der Waals surface area (Å²) >= 11 is 6.00. The molecule has 1 amide bonds. The Morgan fingerprint density at radius 2 is 2.03 bits per heavy atom. The number of carbonyl (C=O) groups is 1. The Bertz CT molecular complexity index is 1130. The van der Waals surface area contributed by atoms with Crippen LogP contribution in [0.15, 0.2) is 59.7 Å². The Kier molecular flexibility index (Phi) is 5.70. The highest BCUT2D eigenvalue weighted by molar-refractivity contribution is 6.30. The number of carbonyl (C=O) groups excluding carboxylic acids is 1. The van der Waals surface area contributed by atoms with Gasteiger partial charge in [-0.05, 0) is 60.2 Å². The van der Waals surface area contributed by atoms with Crippen molar-refractivity contribution < 1.29 is 4.79 Å². The standard InChI is InChI=1S/C23H23ClN4O2/c1-13-9-17(13)21-18(15-5-7-26-8-6-15)12-20(23(30)28-21)27-22(29)19(25)11-14-3-2-4-16(24)10-14/h2-8,10,12-13,17,19H,9,11,25H2,1H3,(H,27,29)(H,28,30)/t13?,17-,19-/m0/s1. The number of hydrogen-bond acceptors (Lipinski definition) is 4. The molecule has 30 heavy (non-hydrogen) atoms. The highest BCUT2D eigenvalue weighted by Gasteiger charge is 2.37. The predicted molar refractivity (Wildman–Crippen MR) is 119 cm³/mol. The summed E-state index contributed by atoms with van der Waals surface area (Å²) in [6.07, 6.45) is 4.77. The lowest BCUT2D eigenvalue weighted by molar-refractivity contribution is -0.117. The SMILES string of the molecule is CC1C[C@@H]1c1[nH]c(=O)c(NC(=O)[C@@H](N)Cc2cccc(Cl)c2)cc1-c1ccncc1. The van der Waals surface area contributed by atoms with Gasteiger partial charge in [-0.1, -0.05) is 30.7 Å². The minimum Gasteiger partial charge on any atom is -0.324 e. The fraction of sp³-hybridized carbons (Fsp3) is 0.261. The van der Waals surface area contributed by atoms with Crippen LogP contribution in [-0.4, -0.2) is 21.9 Å². The van der Waals surface area contributed by atoms with Crippen molar-refractivity contribution in [3.63, 3.8) is 0 Å². The molecule has 2 aromatic heterocycles. The number of hydrogen-bond donors (Lipinski definition) is 3. The predicted octanol–water partition coefficient (Wildman–Crippen LogP) is 3.72. The van der Waals surface area contributed by atoms with Crippen LogP contribution in [0.1, 0.15) is 30.5 Å². The first-order chi connectivity index (χ1) is 14.4. The van der Waals surface area contributed by atoms with Crippen LogP contribution >= 0.6 is 11.6 Å². The average molecular weight is 423 g/mol. The van der Waals surface area contributed by atoms with Crippen molar-refractivity contribution in [1.29, 1.82) is 0 Å². The molecule has 0 radical (unpaired) electrons. The quantitative estimate of drug-likeness (QED) is 0.563. The number of amides is 1. The number of anilines is 1. The fourth-order valence-corrected chi connectivity index (χ4v) is 3.87. The summed E-state index contributed by atoms with van der Waals surface area (Å²) in [5, 5.41) is 3.28. The highest BCUT2D eigenvalue weighted by atomic mass is 35.5. The molecule has 0 saturated heterocycles. The van der Waals surface area contributed by atoms with Crippen LogP contribution < -0.4 is 16.6 Å². The van der Waals surface area contributed by atoms with Crippen molar-refractivity contribution in [3.8, 4) is 11.1 Å². The maximum Gasteiger partial charge on any atom is 0.271 e. The van der Waals surface area contributed by atoms with Gasteiger partial charge >= 0.3 is 0 Å². The first-order valence-electron chi connectivity index (χ1n) is 9.91. The number of nitrogens with zero attached hydrogens (tertiary/aromatic N) is 1. The molecule has 154 valence electrons. The van der Waals surface area contributed by atoms with E-state index in [1.807, 2.05) is 24.3 Å². The molecule has 1 aliphatic rings. The first-order valence-corrected chi connectivity index (χ1v) is 10.3. The minimum absolute atomic E-state index is 0.186. The maximum absolute atomic E-state index is 12.7. The summed E-state index contributed by atoms with van der Waals surface area (Å²) in [4.78, 5) is 32.4. The van der Waals surface area contributed by atoms with Gasteiger partial charge in [0.15, 0.2) is 0 Å². The average Bonchev–Trinajstić information content (AvgIpc) is 3.46. The second kappa shape index (κ2) is 8.42. The molecule has 1 aliphatic carbocycles. The van der Waals surface area contributed by atoms with E-state index in [9.17, 15) is 9.59 Å². The Balaban J connectivity index is 1.59. The number of pyridine rings is 2. The van der Waals surface area contributed by atoms with Gasteiger partial charge in [-0.25, -0.2) is 0 Å². The second-order valence-corrected chi connectivity index (χ2v) is 8.26. The van der Waals surface area contributed by atoms with E-state index in [2.05, 4.69) is 22.2 Å². The van der Waals surface area contributed by atoms with E-state index in [1.165, 1.54) is 0 Å². The number of aromatic nitrogens is 2. The van der Waals surface area contributed by atoms with Gasteiger partial charge in [-0.2, -0.15) is 0 Å². The molecule has 3 atom stereocenters. The number of benzene rings is 1. The molecule has 1 aromatic carbocycles. The van der Waals surface area contributed by atoms with E-state index in [4.69, 9.17) is 17.3 Å². The number of nitrogens with two attached hydrogens (primary N) is 1. The molecule has 2 heterocycles. The van der Waals surface area contributed by atoms with Gasteiger partial charge in [0.25, 0.3) is 5.56 Å². The van der Waals surface area contributed by atoms with Crippen molar-refractivity contribution in [1.82, 2.24) is 9.97 Å². The van der Waals surface area contributed by atoms with E-state index in [0.29, 0.717) is 23.3 Å². The summed E-state index contributed by atoms with van der Waals surface area (Å²) in [6, 6.07) is 11.9. The third-order valence-electron chi connectivity index (χ3n) is 5.48. The lowest BCUT2D eigenvalue weighted by atomic mass is 10.0. The van der Waals surface area contributed by atoms with Gasteiger partial charge in [-0.3, -0.25) is 14.6 Å². The molecule has 6 nitrogen and oxygen atoms in total. The molecule has 0 spiro atoms. The van der Waals surface area contributed by atoms with Crippen LogP contribution in [0.2, 0.25) is 5.02 Å². The zero-order valence-corrected chi connectivity index (χ0v) is 17.3. The molecule has 0 bridgehead atoms. The monoisotopic (exact) mass is 422 g/mol. The summed E-state index contributed by atoms with van der Waals surface area (Å²) in [5.74, 6) is 0.414. The number of halogens is 1. The largest absolute Gasteiger partial charge is 0.324 e. The number of aromatic amines is 1. The van der Waals surface area contributed by atoms with E-state index in [0.717, 1.165) is 28.8 Å². The van der Waals surface area contributed by atoms with Crippen molar-refractivity contribution in [2.24, 2.45) is 11.7 Å². The molecule has 1 fully saturated rings. The molecular formula is C23H23ClN4O2. The van der Waals surface area contributed by atoms with Crippen LogP contribution in [0.5, 0.6) is 0 Å². The summed E-state index contributed by atoms with van der Waals surface area (Å²) < 4.78 is 0. The van der Waals surface area contributed by atoms with Crippen LogP contribution in [0.4, 0.5) is 5.69 Å². The third kappa shape index (κ3) is 4.45. The minimum atomic E-state index is -0.810. The van der Waals surface area contributed by atoms with Crippen LogP contribution in [-0.2, 0) is 11.2 Å². The van der Waals surface area contributed by atoms with E-state index >= 15 is 0 Å². The molecule has 4 rings (SSSR count). The van der Waals surface area contributed by atoms with E-state index in [-0.39, 0.29) is 11.2 Å². The molecule has 4 N–H and O–H groups in total. The Hall–Kier alpha value is -2.96. The number of rotatable bonds is 6. The van der Waals surface area contributed by atoms with Gasteiger partial charge in [0.1, 0.15) is 5.69 Å². The van der Waals surface area contributed by atoms with Crippen LogP contribution in [0.25, 0.3) is 11.1 Å². The van der Waals surface area contributed by atoms with Crippen molar-refractivity contribution in [3.05, 3.63) is 81.5 Å². The highest BCUT2D eigenvalue weighted by Crippen LogP contribution is 2.48. The molecule has 1 saturated carbocycles. The van der Waals surface area contributed by atoms with Crippen LogP contribution in [0, 0.1) is 5.92 Å². The molecule has 3 aromatic rings. The molecular weight excluding hydrogens is 400 g/mol. The Morgan fingerprint density at radius 1 is 1.30 bits per heavy atom. The van der Waals surface area contributed by atoms with Gasteiger partial charge in [0, 0.05) is 34.6 Å². The first kappa shape index (κ1) is 20.3. The van der Waals surface area contributed by atoms with Crippen LogP contribution in [0.3, 0.4) is 0 Å². The Labute approximate surface area is 179 Å². The lowest BCUT2D eigenvalue weighted by Gasteiger charge is -2.15. The molecule has 0 aliphatic heterocycles. The molecule has 7 heteroatoms. The lowest BCUT2D eigenvalue weighted by Crippen LogP contribution is -2.38. The van der Waals surface area contributed by atoms with E-state index in [1.54, 1.807) is 30.6 Å². The zero-order valence-electron chi connectivity index (χ0n) is 16.6. The van der Waals surface area contributed by atoms with Gasteiger partial charge in [-0.15, -0.1) is 0 Å². The van der Waals surface area contributed by atoms with Crippen molar-refractivity contribution in [2.75, 3.05) is 5.32 Å². The fourth-order valence-electron chi connectivity index (χ4n) is 3.66. The Morgan fingerprint density at radius 3 is 2.70 bits per heavy atom. The van der Waals surface area contributed by atoms with Crippen molar-refractivity contribution >= 4 is 23.2 Å². The van der Waals surface area contributed by atoms with Crippen molar-refractivity contribution in [2.45, 2.75) is 31.7 Å². The van der Waals surface area contributed by atoms with Gasteiger partial charge in [0.2, 0.25) is 5.91 Å². The summed E-state index contributed by atoms with van der Waals surface area (Å²) in [7, 11) is 0. The number of nitrogens with one attached hydrogen (secondary N) is 2. The topological polar surface area (TPSA) is 101 Å². The molecule has 1 unspecified atom stereocenters. The normalized spacial score (nSPS) is 18.6. The zero-order chi connectivity index (χ0) is 21.3. The maximum atomic E-state index is 12.7. The second-order valence-electron chi connectivity index (χ2n) is 7.82. The number of H-pyrrole nitrogens is 1. The van der Waals surface area contributed by atoms with E-state index < -0.39 is 11.9 Å².